The first kappa shape index (κ1) is 19.3. The normalized spacial score (nSPS) is 11.2. The standard InChI is InChI=1S/C27H24NP/c1-2-22-13-9-11-19-26(22)28-21-23-14-10-12-20-27(23)29(24-15-5-3-6-16-24)25-17-7-4-8-18-25/h3-21H,2H2,1H3. The molecule has 4 rings (SSSR count). The van der Waals surface area contributed by atoms with Gasteiger partial charge in [-0.1, -0.05) is 110 Å². The number of nitrogens with zero attached hydrogens (tertiary/aromatic N) is 1. The molecule has 0 atom stereocenters. The van der Waals surface area contributed by atoms with Crippen LogP contribution in [0.3, 0.4) is 0 Å². The van der Waals surface area contributed by atoms with Crippen molar-refractivity contribution in [2.75, 3.05) is 0 Å². The number of hydrogen-bond acceptors (Lipinski definition) is 1. The number of benzene rings is 4. The van der Waals surface area contributed by atoms with Gasteiger partial charge in [0.25, 0.3) is 0 Å². The molecule has 0 fully saturated rings. The maximum atomic E-state index is 4.86. The molecule has 0 spiro atoms. The van der Waals surface area contributed by atoms with E-state index in [1.165, 1.54) is 27.0 Å². The van der Waals surface area contributed by atoms with Crippen molar-refractivity contribution in [2.24, 2.45) is 4.99 Å². The van der Waals surface area contributed by atoms with Gasteiger partial charge in [-0.2, -0.15) is 0 Å². The van der Waals surface area contributed by atoms with E-state index in [1.807, 2.05) is 6.21 Å². The van der Waals surface area contributed by atoms with Crippen LogP contribution in [-0.2, 0) is 6.42 Å². The van der Waals surface area contributed by atoms with Gasteiger partial charge in [-0.05, 0) is 41.9 Å². The SMILES string of the molecule is CCc1ccccc1N=Cc1ccccc1P(c1ccccc1)c1ccccc1. The average Bonchev–Trinajstić information content (AvgIpc) is 2.80. The van der Waals surface area contributed by atoms with E-state index in [0.29, 0.717) is 0 Å². The maximum Gasteiger partial charge on any atom is 0.0661 e. The molecule has 0 saturated heterocycles. The Morgan fingerprint density at radius 3 is 1.86 bits per heavy atom. The second kappa shape index (κ2) is 9.45. The van der Waals surface area contributed by atoms with E-state index in [0.717, 1.165) is 12.1 Å². The van der Waals surface area contributed by atoms with Crippen LogP contribution >= 0.6 is 7.92 Å². The first-order valence-corrected chi connectivity index (χ1v) is 11.3. The third-order valence-corrected chi connectivity index (χ3v) is 7.44. The van der Waals surface area contributed by atoms with Crippen LogP contribution in [0.5, 0.6) is 0 Å². The predicted octanol–water partition coefficient (Wildman–Crippen LogP) is 5.76. The second-order valence-corrected chi connectivity index (χ2v) is 8.99. The molecule has 0 aliphatic carbocycles. The van der Waals surface area contributed by atoms with Crippen molar-refractivity contribution in [1.29, 1.82) is 0 Å². The molecular formula is C27H24NP. The van der Waals surface area contributed by atoms with Crippen molar-refractivity contribution in [2.45, 2.75) is 13.3 Å². The van der Waals surface area contributed by atoms with Crippen LogP contribution in [0.1, 0.15) is 18.1 Å². The Hall–Kier alpha value is -3.02. The highest BCUT2D eigenvalue weighted by Gasteiger charge is 2.18. The smallest absolute Gasteiger partial charge is 0.0661 e. The van der Waals surface area contributed by atoms with Gasteiger partial charge in [0.15, 0.2) is 0 Å². The van der Waals surface area contributed by atoms with E-state index in [1.54, 1.807) is 0 Å². The Kier molecular flexibility index (Phi) is 6.29. The summed E-state index contributed by atoms with van der Waals surface area (Å²) in [5.74, 6) is 0. The number of para-hydroxylation sites is 1. The lowest BCUT2D eigenvalue weighted by molar-refractivity contribution is 1.13. The topological polar surface area (TPSA) is 12.4 Å². The minimum absolute atomic E-state index is 0.650. The third kappa shape index (κ3) is 4.53. The van der Waals surface area contributed by atoms with Gasteiger partial charge in [-0.15, -0.1) is 0 Å². The van der Waals surface area contributed by atoms with Crippen LogP contribution in [0.15, 0.2) is 114 Å². The van der Waals surface area contributed by atoms with E-state index < -0.39 is 7.92 Å². The monoisotopic (exact) mass is 393 g/mol. The highest BCUT2D eigenvalue weighted by atomic mass is 31.1. The zero-order chi connectivity index (χ0) is 19.9. The molecule has 29 heavy (non-hydrogen) atoms. The molecule has 2 heteroatoms. The van der Waals surface area contributed by atoms with Gasteiger partial charge in [-0.25, -0.2) is 0 Å². The number of aliphatic imine (C=N–C) groups is 1. The van der Waals surface area contributed by atoms with E-state index in [-0.39, 0.29) is 0 Å². The quantitative estimate of drug-likeness (QED) is 0.292. The first-order valence-electron chi connectivity index (χ1n) is 9.98. The van der Waals surface area contributed by atoms with Crippen molar-refractivity contribution < 1.29 is 0 Å². The highest BCUT2D eigenvalue weighted by molar-refractivity contribution is 7.80. The Morgan fingerprint density at radius 1 is 0.655 bits per heavy atom. The number of aryl methyl sites for hydroxylation is 1. The van der Waals surface area contributed by atoms with Crippen molar-refractivity contribution in [3.8, 4) is 0 Å². The molecule has 0 heterocycles. The van der Waals surface area contributed by atoms with Crippen LogP contribution in [-0.4, -0.2) is 6.21 Å². The van der Waals surface area contributed by atoms with E-state index >= 15 is 0 Å². The van der Waals surface area contributed by atoms with Gasteiger partial charge >= 0.3 is 0 Å². The lowest BCUT2D eigenvalue weighted by Crippen LogP contribution is -2.23. The summed E-state index contributed by atoms with van der Waals surface area (Å²) in [6.45, 7) is 2.17. The Morgan fingerprint density at radius 2 is 1.21 bits per heavy atom. The fraction of sp³-hybridized carbons (Fsp3) is 0.0741. The zero-order valence-corrected chi connectivity index (χ0v) is 17.5. The summed E-state index contributed by atoms with van der Waals surface area (Å²) >= 11 is 0. The summed E-state index contributed by atoms with van der Waals surface area (Å²) in [6, 6.07) is 38.6. The lowest BCUT2D eigenvalue weighted by Gasteiger charge is -2.21. The fourth-order valence-corrected chi connectivity index (χ4v) is 5.88. The van der Waals surface area contributed by atoms with Crippen molar-refractivity contribution in [1.82, 2.24) is 0 Å². The van der Waals surface area contributed by atoms with Crippen LogP contribution in [0.25, 0.3) is 0 Å². The Balaban J connectivity index is 1.80. The molecule has 0 saturated carbocycles. The van der Waals surface area contributed by atoms with Crippen LogP contribution in [0, 0.1) is 0 Å². The molecule has 0 aliphatic heterocycles. The van der Waals surface area contributed by atoms with Crippen LogP contribution in [0.2, 0.25) is 0 Å². The first-order chi connectivity index (χ1) is 14.4. The summed E-state index contributed by atoms with van der Waals surface area (Å²) < 4.78 is 0. The highest BCUT2D eigenvalue weighted by Crippen LogP contribution is 2.33. The molecule has 0 N–H and O–H groups in total. The largest absolute Gasteiger partial charge is 0.256 e. The van der Waals surface area contributed by atoms with E-state index in [9.17, 15) is 0 Å². The molecular weight excluding hydrogens is 369 g/mol. The average molecular weight is 393 g/mol. The minimum Gasteiger partial charge on any atom is -0.256 e. The van der Waals surface area contributed by atoms with E-state index in [2.05, 4.69) is 116 Å². The fourth-order valence-electron chi connectivity index (χ4n) is 3.46. The predicted molar refractivity (Wildman–Crippen MR) is 128 cm³/mol. The summed E-state index contributed by atoms with van der Waals surface area (Å²) in [4.78, 5) is 4.86. The van der Waals surface area contributed by atoms with Gasteiger partial charge in [-0.3, -0.25) is 4.99 Å². The Labute approximate surface area is 174 Å². The summed E-state index contributed by atoms with van der Waals surface area (Å²) in [5.41, 5.74) is 3.50. The van der Waals surface area contributed by atoms with Gasteiger partial charge in [0.1, 0.15) is 0 Å². The van der Waals surface area contributed by atoms with Crippen molar-refractivity contribution >= 4 is 35.7 Å². The zero-order valence-electron chi connectivity index (χ0n) is 16.6. The summed E-state index contributed by atoms with van der Waals surface area (Å²) in [6.07, 6.45) is 3.01. The van der Waals surface area contributed by atoms with Gasteiger partial charge in [0.2, 0.25) is 0 Å². The second-order valence-electron chi connectivity index (χ2n) is 6.81. The van der Waals surface area contributed by atoms with Gasteiger partial charge in [0.05, 0.1) is 5.69 Å². The van der Waals surface area contributed by atoms with Crippen molar-refractivity contribution in [3.63, 3.8) is 0 Å². The van der Waals surface area contributed by atoms with Gasteiger partial charge < -0.3 is 0 Å². The molecule has 0 unspecified atom stereocenters. The van der Waals surface area contributed by atoms with Crippen molar-refractivity contribution in [3.05, 3.63) is 120 Å². The lowest BCUT2D eigenvalue weighted by atomic mass is 10.1. The molecule has 0 radical (unpaired) electrons. The summed E-state index contributed by atoms with van der Waals surface area (Å²) in [5, 5.41) is 4.03. The van der Waals surface area contributed by atoms with Crippen LogP contribution in [0.4, 0.5) is 5.69 Å². The molecule has 4 aromatic rings. The molecule has 0 aromatic heterocycles. The number of rotatable bonds is 6. The maximum absolute atomic E-state index is 4.86. The Bertz CT molecular complexity index is 1050. The molecule has 0 aliphatic rings. The van der Waals surface area contributed by atoms with E-state index in [4.69, 9.17) is 4.99 Å². The van der Waals surface area contributed by atoms with Gasteiger partial charge in [0, 0.05) is 11.8 Å². The molecule has 142 valence electrons. The molecule has 0 bridgehead atoms. The molecule has 1 nitrogen and oxygen atoms in total. The molecule has 4 aromatic carbocycles. The minimum atomic E-state index is -0.650. The number of hydrogen-bond donors (Lipinski definition) is 0. The molecule has 0 amide bonds. The summed E-state index contributed by atoms with van der Waals surface area (Å²) in [7, 11) is -0.650. The third-order valence-electron chi connectivity index (χ3n) is 4.92. The van der Waals surface area contributed by atoms with Crippen LogP contribution < -0.4 is 15.9 Å².